The number of allylic oxidation sites excluding steroid dienone is 1. The topological polar surface area (TPSA) is 70.2 Å². The molecule has 1 atom stereocenters. The summed E-state index contributed by atoms with van der Waals surface area (Å²) in [6.45, 7) is 0.703. The summed E-state index contributed by atoms with van der Waals surface area (Å²) in [5.74, 6) is 0.178. The van der Waals surface area contributed by atoms with E-state index in [2.05, 4.69) is 16.0 Å². The van der Waals surface area contributed by atoms with Crippen LogP contribution in [0.25, 0.3) is 0 Å². The van der Waals surface area contributed by atoms with Crippen molar-refractivity contribution in [2.45, 2.75) is 18.5 Å². The maximum atomic E-state index is 11.7. The molecule has 3 N–H and O–H groups in total. The molecule has 2 aliphatic heterocycles. The highest BCUT2D eigenvalue weighted by atomic mass is 32.2. The van der Waals surface area contributed by atoms with Crippen LogP contribution in [0.5, 0.6) is 0 Å². The Morgan fingerprint density at radius 1 is 1.26 bits per heavy atom. The summed E-state index contributed by atoms with van der Waals surface area (Å²) in [5.41, 5.74) is 1.08. The van der Waals surface area contributed by atoms with Crippen LogP contribution in [0.1, 0.15) is 12.0 Å². The van der Waals surface area contributed by atoms with Gasteiger partial charge in [-0.1, -0.05) is 42.1 Å². The number of Topliss-reactive ketones (excluding diaryl/α,β-unsaturated/α-hetero) is 1. The summed E-state index contributed by atoms with van der Waals surface area (Å²) in [4.78, 5) is 23.6. The Morgan fingerprint density at radius 2 is 2.05 bits per heavy atom. The maximum absolute atomic E-state index is 11.7. The molecule has 3 rings (SSSR count). The van der Waals surface area contributed by atoms with Crippen LogP contribution in [-0.2, 0) is 16.1 Å². The number of ketones is 1. The molecule has 0 aromatic heterocycles. The molecule has 2 aliphatic rings. The third-order valence-corrected chi connectivity index (χ3v) is 4.10. The number of hydrogen-bond donors (Lipinski definition) is 3. The van der Waals surface area contributed by atoms with Crippen LogP contribution in [-0.4, -0.2) is 17.2 Å². The fourth-order valence-corrected chi connectivity index (χ4v) is 3.02. The van der Waals surface area contributed by atoms with Crippen molar-refractivity contribution in [3.05, 3.63) is 46.6 Å². The van der Waals surface area contributed by atoms with E-state index in [9.17, 15) is 9.59 Å². The average Bonchev–Trinajstić information content (AvgIpc) is 2.81. The lowest BCUT2D eigenvalue weighted by Crippen LogP contribution is -2.41. The minimum atomic E-state index is -0.249. The molecule has 5 nitrogen and oxygen atoms in total. The number of amides is 1. The van der Waals surface area contributed by atoms with Gasteiger partial charge in [-0.05, 0) is 5.56 Å². The van der Waals surface area contributed by atoms with Crippen molar-refractivity contribution in [1.29, 1.82) is 0 Å². The van der Waals surface area contributed by atoms with Crippen LogP contribution >= 0.6 is 11.8 Å². The van der Waals surface area contributed by atoms with Gasteiger partial charge < -0.3 is 10.6 Å². The highest BCUT2D eigenvalue weighted by Gasteiger charge is 2.34. The fourth-order valence-electron chi connectivity index (χ4n) is 2.01. The SMILES string of the molecule is O=C1CC(=O)C2=C(N1)N[C@@H](NCc1ccccc1)S2. The summed E-state index contributed by atoms with van der Waals surface area (Å²) in [6, 6.07) is 10.0. The molecule has 19 heavy (non-hydrogen) atoms. The number of thioether (sulfide) groups is 1. The Bertz CT molecular complexity index is 556. The summed E-state index contributed by atoms with van der Waals surface area (Å²) in [5, 5.41) is 9.08. The highest BCUT2D eigenvalue weighted by molar-refractivity contribution is 8.04. The third-order valence-electron chi connectivity index (χ3n) is 2.91. The Kier molecular flexibility index (Phi) is 3.27. The molecule has 0 radical (unpaired) electrons. The van der Waals surface area contributed by atoms with Gasteiger partial charge in [0.05, 0.1) is 11.3 Å². The van der Waals surface area contributed by atoms with E-state index < -0.39 is 0 Å². The molecule has 0 saturated carbocycles. The molecule has 1 aromatic rings. The summed E-state index contributed by atoms with van der Waals surface area (Å²) in [6.07, 6.45) is -0.0566. The second-order valence-corrected chi connectivity index (χ2v) is 5.48. The second kappa shape index (κ2) is 5.07. The van der Waals surface area contributed by atoms with Gasteiger partial charge >= 0.3 is 0 Å². The summed E-state index contributed by atoms with van der Waals surface area (Å²) in [7, 11) is 0. The fraction of sp³-hybridized carbons (Fsp3) is 0.231. The number of hydrogen-bond acceptors (Lipinski definition) is 5. The molecule has 0 saturated heterocycles. The van der Waals surface area contributed by atoms with Crippen molar-refractivity contribution in [3.8, 4) is 0 Å². The van der Waals surface area contributed by atoms with E-state index in [-0.39, 0.29) is 23.6 Å². The first kappa shape index (κ1) is 12.3. The van der Waals surface area contributed by atoms with Gasteiger partial charge in [0.25, 0.3) is 0 Å². The van der Waals surface area contributed by atoms with E-state index in [1.54, 1.807) is 0 Å². The van der Waals surface area contributed by atoms with Gasteiger partial charge in [-0.15, -0.1) is 0 Å². The predicted molar refractivity (Wildman–Crippen MR) is 72.6 cm³/mol. The highest BCUT2D eigenvalue weighted by Crippen LogP contribution is 2.31. The first-order chi connectivity index (χ1) is 9.22. The molecule has 0 aliphatic carbocycles. The second-order valence-electron chi connectivity index (χ2n) is 4.36. The first-order valence-corrected chi connectivity index (χ1v) is 6.88. The Hall–Kier alpha value is -1.79. The molecular weight excluding hydrogens is 262 g/mol. The van der Waals surface area contributed by atoms with Crippen molar-refractivity contribution < 1.29 is 9.59 Å². The Labute approximate surface area is 114 Å². The minimum absolute atomic E-state index is 0.0566. The summed E-state index contributed by atoms with van der Waals surface area (Å²) < 4.78 is 0. The van der Waals surface area contributed by atoms with Gasteiger partial charge in [-0.25, -0.2) is 0 Å². The normalized spacial score (nSPS) is 22.0. The van der Waals surface area contributed by atoms with Gasteiger partial charge in [0.2, 0.25) is 5.91 Å². The molecular formula is C13H13N3O2S. The van der Waals surface area contributed by atoms with E-state index in [0.29, 0.717) is 17.3 Å². The minimum Gasteiger partial charge on any atom is -0.346 e. The lowest BCUT2D eigenvalue weighted by atomic mass is 10.2. The van der Waals surface area contributed by atoms with Gasteiger partial charge in [0.15, 0.2) is 5.78 Å². The van der Waals surface area contributed by atoms with Gasteiger partial charge in [-0.3, -0.25) is 14.9 Å². The van der Waals surface area contributed by atoms with Crippen molar-refractivity contribution in [1.82, 2.24) is 16.0 Å². The molecule has 1 aromatic carbocycles. The van der Waals surface area contributed by atoms with Crippen LogP contribution in [0, 0.1) is 0 Å². The number of carbonyl (C=O) groups is 2. The number of rotatable bonds is 3. The van der Waals surface area contributed by atoms with Crippen LogP contribution in [0.3, 0.4) is 0 Å². The number of carbonyl (C=O) groups excluding carboxylic acids is 2. The van der Waals surface area contributed by atoms with Crippen LogP contribution in [0.15, 0.2) is 41.1 Å². The van der Waals surface area contributed by atoms with E-state index in [4.69, 9.17) is 0 Å². The first-order valence-electron chi connectivity index (χ1n) is 6.00. The Morgan fingerprint density at radius 3 is 2.84 bits per heavy atom. The van der Waals surface area contributed by atoms with Gasteiger partial charge in [0, 0.05) is 6.54 Å². The zero-order valence-corrected chi connectivity index (χ0v) is 10.9. The quantitative estimate of drug-likeness (QED) is 0.707. The van der Waals surface area contributed by atoms with Crippen molar-refractivity contribution >= 4 is 23.5 Å². The largest absolute Gasteiger partial charge is 0.346 e. The third kappa shape index (κ3) is 2.64. The smallest absolute Gasteiger partial charge is 0.233 e. The van der Waals surface area contributed by atoms with Gasteiger partial charge in [-0.2, -0.15) is 0 Å². The summed E-state index contributed by atoms with van der Waals surface area (Å²) >= 11 is 1.42. The number of nitrogens with one attached hydrogen (secondary N) is 3. The van der Waals surface area contributed by atoms with E-state index >= 15 is 0 Å². The Balaban J connectivity index is 1.59. The van der Waals surface area contributed by atoms with Crippen molar-refractivity contribution in [2.75, 3.05) is 0 Å². The van der Waals surface area contributed by atoms with Crippen molar-refractivity contribution in [2.24, 2.45) is 0 Å². The lowest BCUT2D eigenvalue weighted by molar-refractivity contribution is -0.126. The average molecular weight is 275 g/mol. The standard InChI is InChI=1S/C13H13N3O2S/c17-9-6-10(18)15-12-11(9)19-13(16-12)14-7-8-4-2-1-3-5-8/h1-5,13-14,16H,6-7H2,(H,15,18)/t13-/m1/s1. The molecule has 6 heteroatoms. The van der Waals surface area contributed by atoms with Gasteiger partial charge in [0.1, 0.15) is 11.3 Å². The van der Waals surface area contributed by atoms with E-state index in [0.717, 1.165) is 0 Å². The zero-order valence-electron chi connectivity index (χ0n) is 10.1. The van der Waals surface area contributed by atoms with Crippen molar-refractivity contribution in [3.63, 3.8) is 0 Å². The molecule has 1 amide bonds. The predicted octanol–water partition coefficient (Wildman–Crippen LogP) is 0.654. The number of benzene rings is 1. The molecule has 0 spiro atoms. The lowest BCUT2D eigenvalue weighted by Gasteiger charge is -2.15. The molecule has 2 heterocycles. The van der Waals surface area contributed by atoms with Crippen LogP contribution < -0.4 is 16.0 Å². The molecule has 98 valence electrons. The molecule has 0 fully saturated rings. The molecule has 0 unspecified atom stereocenters. The zero-order chi connectivity index (χ0) is 13.2. The van der Waals surface area contributed by atoms with Crippen LogP contribution in [0.2, 0.25) is 0 Å². The monoisotopic (exact) mass is 275 g/mol. The van der Waals surface area contributed by atoms with E-state index in [1.165, 1.54) is 17.3 Å². The maximum Gasteiger partial charge on any atom is 0.233 e. The van der Waals surface area contributed by atoms with Crippen LogP contribution in [0.4, 0.5) is 0 Å². The molecule has 0 bridgehead atoms. The van der Waals surface area contributed by atoms with E-state index in [1.807, 2.05) is 30.3 Å².